The van der Waals surface area contributed by atoms with Crippen molar-refractivity contribution in [2.45, 2.75) is 62.7 Å². The number of aromatic nitrogens is 3. The maximum atomic E-state index is 12.4. The topological polar surface area (TPSA) is 88.9 Å². The number of thioether (sulfide) groups is 1. The predicted molar refractivity (Wildman–Crippen MR) is 132 cm³/mol. The summed E-state index contributed by atoms with van der Waals surface area (Å²) in [7, 11) is 0. The maximum absolute atomic E-state index is 12.4. The summed E-state index contributed by atoms with van der Waals surface area (Å²) in [5, 5.41) is 16.9. The summed E-state index contributed by atoms with van der Waals surface area (Å²) in [5.41, 5.74) is 1.24. The van der Waals surface area contributed by atoms with E-state index in [0.29, 0.717) is 11.6 Å². The van der Waals surface area contributed by atoms with Crippen molar-refractivity contribution in [3.63, 3.8) is 0 Å². The van der Waals surface area contributed by atoms with Crippen LogP contribution in [0.1, 0.15) is 48.4 Å². The highest BCUT2D eigenvalue weighted by Crippen LogP contribution is 2.21. The average molecular weight is 484 g/mol. The lowest BCUT2D eigenvalue weighted by atomic mass is 9.96. The first kappa shape index (κ1) is 23.5. The van der Waals surface area contributed by atoms with Crippen LogP contribution < -0.4 is 10.6 Å². The first-order valence-electron chi connectivity index (χ1n) is 11.4. The van der Waals surface area contributed by atoms with Gasteiger partial charge in [0.2, 0.25) is 5.91 Å². The zero-order valence-electron chi connectivity index (χ0n) is 18.5. The van der Waals surface area contributed by atoms with Crippen LogP contribution in [0.5, 0.6) is 0 Å². The molecule has 4 rings (SSSR count). The van der Waals surface area contributed by atoms with Crippen LogP contribution in [0.4, 0.5) is 4.79 Å². The number of carbonyl (C=O) groups is 2. The van der Waals surface area contributed by atoms with Crippen molar-refractivity contribution >= 4 is 35.0 Å². The van der Waals surface area contributed by atoms with Gasteiger partial charge in [0, 0.05) is 23.9 Å². The van der Waals surface area contributed by atoms with Crippen LogP contribution in [0.2, 0.25) is 0 Å². The van der Waals surface area contributed by atoms with Crippen LogP contribution >= 0.6 is 23.1 Å². The van der Waals surface area contributed by atoms with Crippen LogP contribution in [0.3, 0.4) is 0 Å². The Labute approximate surface area is 202 Å². The molecule has 9 heteroatoms. The van der Waals surface area contributed by atoms with E-state index in [2.05, 4.69) is 49.0 Å². The van der Waals surface area contributed by atoms with Gasteiger partial charge >= 0.3 is 6.03 Å². The minimum Gasteiger partial charge on any atom is -0.335 e. The summed E-state index contributed by atoms with van der Waals surface area (Å²) in [5.74, 6) is 0.664. The number of amides is 3. The minimum absolute atomic E-state index is 0.112. The molecule has 1 fully saturated rings. The summed E-state index contributed by atoms with van der Waals surface area (Å²) in [6.07, 6.45) is 6.98. The van der Waals surface area contributed by atoms with Gasteiger partial charge in [0.1, 0.15) is 5.82 Å². The molecule has 0 saturated heterocycles. The Morgan fingerprint density at radius 2 is 1.88 bits per heavy atom. The molecular formula is C24H29N5O2S2. The molecule has 3 aromatic rings. The number of nitrogens with one attached hydrogen (secondary N) is 2. The molecule has 33 heavy (non-hydrogen) atoms. The molecule has 3 amide bonds. The van der Waals surface area contributed by atoms with E-state index in [9.17, 15) is 9.59 Å². The molecule has 1 saturated carbocycles. The van der Waals surface area contributed by atoms with Crippen molar-refractivity contribution in [1.29, 1.82) is 0 Å². The molecule has 1 aliphatic rings. The van der Waals surface area contributed by atoms with E-state index in [-0.39, 0.29) is 17.7 Å². The third-order valence-electron chi connectivity index (χ3n) is 5.70. The van der Waals surface area contributed by atoms with Crippen LogP contribution in [-0.4, -0.2) is 38.5 Å². The summed E-state index contributed by atoms with van der Waals surface area (Å²) in [6, 6.07) is 14.2. The Hall–Kier alpha value is -2.65. The van der Waals surface area contributed by atoms with Crippen molar-refractivity contribution in [2.75, 3.05) is 5.75 Å². The Balaban J connectivity index is 1.35. The monoisotopic (exact) mass is 483 g/mol. The lowest BCUT2D eigenvalue weighted by molar-refractivity contribution is -0.117. The summed E-state index contributed by atoms with van der Waals surface area (Å²) >= 11 is 3.01. The van der Waals surface area contributed by atoms with Crippen LogP contribution in [0.25, 0.3) is 0 Å². The van der Waals surface area contributed by atoms with Gasteiger partial charge in [0.15, 0.2) is 5.16 Å². The zero-order valence-corrected chi connectivity index (χ0v) is 20.2. The van der Waals surface area contributed by atoms with E-state index in [4.69, 9.17) is 0 Å². The second-order valence-electron chi connectivity index (χ2n) is 8.19. The number of hydrogen-bond donors (Lipinski definition) is 2. The van der Waals surface area contributed by atoms with Gasteiger partial charge in [-0.25, -0.2) is 4.79 Å². The molecule has 0 unspecified atom stereocenters. The normalized spacial score (nSPS) is 14.2. The second-order valence-corrected chi connectivity index (χ2v) is 10.2. The van der Waals surface area contributed by atoms with Gasteiger partial charge in [-0.1, -0.05) is 67.4 Å². The molecule has 7 nitrogen and oxygen atoms in total. The largest absolute Gasteiger partial charge is 0.335 e. The number of imide groups is 1. The molecule has 0 bridgehead atoms. The van der Waals surface area contributed by atoms with Gasteiger partial charge in [-0.05, 0) is 36.3 Å². The van der Waals surface area contributed by atoms with Crippen molar-refractivity contribution in [3.05, 3.63) is 64.1 Å². The van der Waals surface area contributed by atoms with E-state index in [1.54, 1.807) is 11.3 Å². The fourth-order valence-corrected chi connectivity index (χ4v) is 5.48. The Bertz CT molecular complexity index is 1030. The smallest absolute Gasteiger partial charge is 0.321 e. The number of hydrogen-bond acceptors (Lipinski definition) is 6. The van der Waals surface area contributed by atoms with E-state index in [0.717, 1.165) is 44.5 Å². The predicted octanol–water partition coefficient (Wildman–Crippen LogP) is 4.42. The van der Waals surface area contributed by atoms with Crippen LogP contribution in [0, 0.1) is 0 Å². The summed E-state index contributed by atoms with van der Waals surface area (Å²) in [4.78, 5) is 25.7. The molecule has 1 aliphatic carbocycles. The number of urea groups is 1. The quantitative estimate of drug-likeness (QED) is 0.440. The van der Waals surface area contributed by atoms with E-state index in [1.807, 2.05) is 24.3 Å². The fourth-order valence-electron chi connectivity index (χ4n) is 4.00. The number of nitrogens with zero attached hydrogens (tertiary/aromatic N) is 3. The van der Waals surface area contributed by atoms with Crippen molar-refractivity contribution in [3.8, 4) is 0 Å². The van der Waals surface area contributed by atoms with Gasteiger partial charge in [0.25, 0.3) is 0 Å². The number of rotatable bonds is 9. The van der Waals surface area contributed by atoms with Crippen molar-refractivity contribution < 1.29 is 9.59 Å². The highest BCUT2D eigenvalue weighted by Gasteiger charge is 2.19. The molecule has 2 N–H and O–H groups in total. The Kier molecular flexibility index (Phi) is 8.54. The molecule has 2 heterocycles. The number of aryl methyl sites for hydroxylation is 1. The molecule has 0 atom stereocenters. The second kappa shape index (κ2) is 12.0. The SMILES string of the molecule is O=C(CSc1nnc(Cc2cccs2)n1CCc1ccccc1)NC(=O)NC1CCCCC1. The van der Waals surface area contributed by atoms with Crippen LogP contribution in [-0.2, 0) is 24.2 Å². The number of carbonyl (C=O) groups excluding carboxylic acids is 2. The highest BCUT2D eigenvalue weighted by atomic mass is 32.2. The standard InChI is InChI=1S/C24H29N5O2S2/c30-22(26-23(31)25-19-10-5-2-6-11-19)17-33-24-28-27-21(16-20-12-7-15-32-20)29(24)14-13-18-8-3-1-4-9-18/h1,3-4,7-9,12,15,19H,2,5-6,10-11,13-14,16-17H2,(H2,25,26,30,31). The van der Waals surface area contributed by atoms with E-state index >= 15 is 0 Å². The van der Waals surface area contributed by atoms with Gasteiger partial charge in [-0.2, -0.15) is 0 Å². The molecule has 174 valence electrons. The summed E-state index contributed by atoms with van der Waals surface area (Å²) < 4.78 is 2.09. The Morgan fingerprint density at radius 3 is 2.64 bits per heavy atom. The molecule has 0 aliphatic heterocycles. The molecule has 2 aromatic heterocycles. The lowest BCUT2D eigenvalue weighted by Crippen LogP contribution is -2.45. The number of thiophene rings is 1. The molecule has 0 spiro atoms. The molecule has 1 aromatic carbocycles. The minimum atomic E-state index is -0.406. The van der Waals surface area contributed by atoms with Gasteiger partial charge in [-0.15, -0.1) is 21.5 Å². The third-order valence-corrected chi connectivity index (χ3v) is 7.54. The van der Waals surface area contributed by atoms with Gasteiger partial charge < -0.3 is 9.88 Å². The lowest BCUT2D eigenvalue weighted by Gasteiger charge is -2.22. The van der Waals surface area contributed by atoms with Gasteiger partial charge in [0.05, 0.1) is 5.75 Å². The highest BCUT2D eigenvalue weighted by molar-refractivity contribution is 7.99. The molecular weight excluding hydrogens is 454 g/mol. The summed E-state index contributed by atoms with van der Waals surface area (Å²) in [6.45, 7) is 0.726. The number of benzene rings is 1. The van der Waals surface area contributed by atoms with Crippen molar-refractivity contribution in [2.24, 2.45) is 0 Å². The zero-order chi connectivity index (χ0) is 22.9. The third kappa shape index (κ3) is 7.17. The molecule has 0 radical (unpaired) electrons. The van der Waals surface area contributed by atoms with Crippen molar-refractivity contribution in [1.82, 2.24) is 25.4 Å². The first-order valence-corrected chi connectivity index (χ1v) is 13.3. The Morgan fingerprint density at radius 1 is 1.06 bits per heavy atom. The van der Waals surface area contributed by atoms with Gasteiger partial charge in [-0.3, -0.25) is 10.1 Å². The van der Waals surface area contributed by atoms with E-state index in [1.165, 1.54) is 28.6 Å². The van der Waals surface area contributed by atoms with Crippen LogP contribution in [0.15, 0.2) is 53.0 Å². The fraction of sp³-hybridized carbons (Fsp3) is 0.417. The van der Waals surface area contributed by atoms with E-state index < -0.39 is 6.03 Å². The first-order chi connectivity index (χ1) is 16.2. The average Bonchev–Trinajstić information content (AvgIpc) is 3.48. The maximum Gasteiger partial charge on any atom is 0.321 e.